The molecule has 0 heterocycles. The summed E-state index contributed by atoms with van der Waals surface area (Å²) < 4.78 is 5.91. The van der Waals surface area contributed by atoms with Crippen LogP contribution in [-0.2, 0) is 4.74 Å². The number of benzene rings is 1. The molecule has 1 saturated carbocycles. The average molecular weight is 424 g/mol. The van der Waals surface area contributed by atoms with Crippen LogP contribution in [0, 0.1) is 5.92 Å². The molecule has 0 spiro atoms. The lowest BCUT2D eigenvalue weighted by Gasteiger charge is -2.29. The molecule has 29 heavy (non-hydrogen) atoms. The van der Waals surface area contributed by atoms with E-state index >= 15 is 0 Å². The second kappa shape index (κ2) is 13.1. The van der Waals surface area contributed by atoms with E-state index in [1.165, 1.54) is 32.1 Å². The predicted molar refractivity (Wildman–Crippen MR) is 121 cm³/mol. The lowest BCUT2D eigenvalue weighted by Crippen LogP contribution is -2.48. The third-order valence-electron chi connectivity index (χ3n) is 5.78. The van der Waals surface area contributed by atoms with Crippen molar-refractivity contribution in [3.05, 3.63) is 34.9 Å². The van der Waals surface area contributed by atoms with Crippen LogP contribution in [-0.4, -0.2) is 50.8 Å². The van der Waals surface area contributed by atoms with Crippen LogP contribution in [0.15, 0.2) is 24.3 Å². The van der Waals surface area contributed by atoms with Crippen molar-refractivity contribution in [2.75, 3.05) is 33.8 Å². The first kappa shape index (κ1) is 24.0. The van der Waals surface area contributed by atoms with Gasteiger partial charge in [-0.05, 0) is 50.4 Å². The first-order valence-corrected chi connectivity index (χ1v) is 11.4. The van der Waals surface area contributed by atoms with Gasteiger partial charge in [0.25, 0.3) is 0 Å². The fourth-order valence-corrected chi connectivity index (χ4v) is 4.42. The summed E-state index contributed by atoms with van der Waals surface area (Å²) in [5.74, 6) is 0.734. The van der Waals surface area contributed by atoms with E-state index in [9.17, 15) is 4.79 Å². The molecule has 1 aromatic carbocycles. The predicted octanol–water partition coefficient (Wildman–Crippen LogP) is 5.01. The molecule has 2 amide bonds. The van der Waals surface area contributed by atoms with Crippen molar-refractivity contribution >= 4 is 17.6 Å². The van der Waals surface area contributed by atoms with E-state index in [4.69, 9.17) is 16.3 Å². The minimum atomic E-state index is -0.0655. The highest BCUT2D eigenvalue weighted by molar-refractivity contribution is 6.30. The Labute approximate surface area is 181 Å². The van der Waals surface area contributed by atoms with Crippen LogP contribution in [0.4, 0.5) is 4.79 Å². The molecule has 2 N–H and O–H groups in total. The molecule has 1 aromatic rings. The molecular formula is C23H38ClN3O2. The van der Waals surface area contributed by atoms with Crippen LogP contribution >= 0.6 is 11.6 Å². The normalized spacial score (nSPS) is 17.0. The monoisotopic (exact) mass is 423 g/mol. The molecule has 1 fully saturated rings. The van der Waals surface area contributed by atoms with Gasteiger partial charge in [-0.15, -0.1) is 0 Å². The van der Waals surface area contributed by atoms with E-state index < -0.39 is 0 Å². The summed E-state index contributed by atoms with van der Waals surface area (Å²) in [6.07, 6.45) is 8.32. The Hall–Kier alpha value is -1.30. The molecule has 0 saturated heterocycles. The van der Waals surface area contributed by atoms with E-state index in [-0.39, 0.29) is 18.2 Å². The molecule has 0 bridgehead atoms. The summed E-state index contributed by atoms with van der Waals surface area (Å²) in [6, 6.07) is 7.93. The minimum absolute atomic E-state index is 0.0117. The zero-order valence-electron chi connectivity index (χ0n) is 18.3. The van der Waals surface area contributed by atoms with E-state index in [2.05, 4.69) is 10.6 Å². The lowest BCUT2D eigenvalue weighted by atomic mass is 9.85. The molecule has 2 rings (SSSR count). The Morgan fingerprint density at radius 3 is 2.72 bits per heavy atom. The van der Waals surface area contributed by atoms with Crippen LogP contribution in [0.1, 0.15) is 63.5 Å². The van der Waals surface area contributed by atoms with Gasteiger partial charge in [-0.3, -0.25) is 0 Å². The van der Waals surface area contributed by atoms with Gasteiger partial charge < -0.3 is 20.3 Å². The number of rotatable bonds is 11. The van der Waals surface area contributed by atoms with Crippen molar-refractivity contribution in [2.45, 2.75) is 64.0 Å². The lowest BCUT2D eigenvalue weighted by molar-refractivity contribution is 0.0514. The Bertz CT molecular complexity index is 608. The number of nitrogens with one attached hydrogen (secondary N) is 2. The third-order valence-corrected chi connectivity index (χ3v) is 6.02. The van der Waals surface area contributed by atoms with Crippen LogP contribution < -0.4 is 10.6 Å². The summed E-state index contributed by atoms with van der Waals surface area (Å²) in [5, 5.41) is 7.17. The molecule has 6 heteroatoms. The molecular weight excluding hydrogens is 386 g/mol. The third kappa shape index (κ3) is 8.53. The van der Waals surface area contributed by atoms with Gasteiger partial charge in [-0.2, -0.15) is 0 Å². The van der Waals surface area contributed by atoms with E-state index in [1.54, 1.807) is 4.90 Å². The molecule has 164 valence electrons. The summed E-state index contributed by atoms with van der Waals surface area (Å²) in [4.78, 5) is 14.5. The number of nitrogens with zero attached hydrogens (tertiary/aromatic N) is 1. The van der Waals surface area contributed by atoms with Crippen LogP contribution in [0.2, 0.25) is 5.02 Å². The maximum atomic E-state index is 12.8. The van der Waals surface area contributed by atoms with Gasteiger partial charge in [0.1, 0.15) is 0 Å². The molecule has 5 nitrogen and oxygen atoms in total. The number of hydrogen-bond donors (Lipinski definition) is 2. The summed E-state index contributed by atoms with van der Waals surface area (Å²) in [6.45, 7) is 4.04. The molecule has 0 radical (unpaired) electrons. The van der Waals surface area contributed by atoms with Crippen molar-refractivity contribution in [3.8, 4) is 0 Å². The molecule has 0 aliphatic heterocycles. The maximum Gasteiger partial charge on any atom is 0.317 e. The average Bonchev–Trinajstić information content (AvgIpc) is 2.71. The molecule has 0 aromatic heterocycles. The molecule has 1 aliphatic rings. The number of hydrogen-bond acceptors (Lipinski definition) is 3. The van der Waals surface area contributed by atoms with Gasteiger partial charge in [0.2, 0.25) is 0 Å². The number of halogens is 1. The van der Waals surface area contributed by atoms with Gasteiger partial charge >= 0.3 is 6.03 Å². The van der Waals surface area contributed by atoms with Gasteiger partial charge in [-0.25, -0.2) is 4.79 Å². The summed E-state index contributed by atoms with van der Waals surface area (Å²) >= 11 is 6.13. The smallest absolute Gasteiger partial charge is 0.317 e. The maximum absolute atomic E-state index is 12.8. The van der Waals surface area contributed by atoms with Crippen molar-refractivity contribution in [3.63, 3.8) is 0 Å². The summed E-state index contributed by atoms with van der Waals surface area (Å²) in [5.41, 5.74) is 1.05. The topological polar surface area (TPSA) is 53.6 Å². The Kier molecular flexibility index (Phi) is 10.8. The largest absolute Gasteiger partial charge is 0.374 e. The number of carbonyl (C=O) groups excluding carboxylic acids is 1. The molecule has 0 unspecified atom stereocenters. The van der Waals surface area contributed by atoms with Crippen molar-refractivity contribution in [1.29, 1.82) is 0 Å². The van der Waals surface area contributed by atoms with Crippen LogP contribution in [0.25, 0.3) is 0 Å². The fraction of sp³-hybridized carbons (Fsp3) is 0.696. The highest BCUT2D eigenvalue weighted by atomic mass is 35.5. The number of carbonyl (C=O) groups is 1. The zero-order valence-corrected chi connectivity index (χ0v) is 19.0. The van der Waals surface area contributed by atoms with Gasteiger partial charge in [0.15, 0.2) is 0 Å². The van der Waals surface area contributed by atoms with E-state index in [0.717, 1.165) is 30.9 Å². The number of ether oxygens (including phenoxy) is 1. The standard InChI is InChI=1S/C23H38ClN3O2/c1-4-29-22(19-11-8-12-20(24)16-19)13-14-27(3)23(28)26-21(17-25-2)15-18-9-6-5-7-10-18/h8,11-12,16,18,21-22,25H,4-7,9-10,13-15,17H2,1-3H3,(H,26,28)/t21-,22-/m0/s1. The van der Waals surface area contributed by atoms with Crippen molar-refractivity contribution < 1.29 is 9.53 Å². The number of likely N-dealkylation sites (N-methyl/N-ethyl adjacent to an activating group) is 1. The SMILES string of the molecule is CCO[C@@H](CCN(C)C(=O)N[C@H](CNC)CC1CCCCC1)c1cccc(Cl)c1. The van der Waals surface area contributed by atoms with Gasteiger partial charge in [0.05, 0.1) is 6.10 Å². The fourth-order valence-electron chi connectivity index (χ4n) is 4.22. The Balaban J connectivity index is 1.86. The van der Waals surface area contributed by atoms with Gasteiger partial charge in [-0.1, -0.05) is 55.8 Å². The number of amides is 2. The van der Waals surface area contributed by atoms with Crippen LogP contribution in [0.3, 0.4) is 0 Å². The summed E-state index contributed by atoms with van der Waals surface area (Å²) in [7, 11) is 3.80. The Morgan fingerprint density at radius 2 is 2.07 bits per heavy atom. The van der Waals surface area contributed by atoms with Crippen LogP contribution in [0.5, 0.6) is 0 Å². The molecule has 1 aliphatic carbocycles. The number of urea groups is 1. The second-order valence-corrected chi connectivity index (χ2v) is 8.59. The van der Waals surface area contributed by atoms with Crippen molar-refractivity contribution in [1.82, 2.24) is 15.5 Å². The zero-order chi connectivity index (χ0) is 21.1. The minimum Gasteiger partial charge on any atom is -0.374 e. The highest BCUT2D eigenvalue weighted by Crippen LogP contribution is 2.27. The first-order chi connectivity index (χ1) is 14.0. The Morgan fingerprint density at radius 1 is 1.31 bits per heavy atom. The van der Waals surface area contributed by atoms with Crippen molar-refractivity contribution in [2.24, 2.45) is 5.92 Å². The van der Waals surface area contributed by atoms with E-state index in [1.807, 2.05) is 45.3 Å². The first-order valence-electron chi connectivity index (χ1n) is 11.1. The molecule has 2 atom stereocenters. The van der Waals surface area contributed by atoms with Gasteiger partial charge in [0, 0.05) is 37.8 Å². The highest BCUT2D eigenvalue weighted by Gasteiger charge is 2.22. The second-order valence-electron chi connectivity index (χ2n) is 8.15. The van der Waals surface area contributed by atoms with E-state index in [0.29, 0.717) is 18.2 Å². The quantitative estimate of drug-likeness (QED) is 0.526.